The molecule has 2 nitrogen and oxygen atoms in total. The van der Waals surface area contributed by atoms with Gasteiger partial charge >= 0.3 is 0 Å². The highest BCUT2D eigenvalue weighted by atomic mass is 32.2. The Bertz CT molecular complexity index is 105. The molecule has 7 heavy (non-hydrogen) atoms. The predicted molar refractivity (Wildman–Crippen MR) is 32.3 cm³/mol. The molecule has 0 amide bonds. The highest BCUT2D eigenvalue weighted by Gasteiger charge is 2.11. The van der Waals surface area contributed by atoms with Gasteiger partial charge in [0.25, 0.3) is 0 Å². The quantitative estimate of drug-likeness (QED) is 0.492. The van der Waals surface area contributed by atoms with Crippen LogP contribution in [-0.4, -0.2) is 10.1 Å². The van der Waals surface area contributed by atoms with Gasteiger partial charge in [0.1, 0.15) is 0 Å². The molecule has 0 aliphatic carbocycles. The van der Waals surface area contributed by atoms with Gasteiger partial charge in [0.15, 0.2) is 0 Å². The van der Waals surface area contributed by atoms with Crippen LogP contribution >= 0.6 is 11.8 Å². The first-order chi connectivity index (χ1) is 3.29. The van der Waals surface area contributed by atoms with E-state index in [9.17, 15) is 0 Å². The van der Waals surface area contributed by atoms with E-state index in [1.54, 1.807) is 0 Å². The Morgan fingerprint density at radius 3 is 1.71 bits per heavy atom. The molecule has 1 aliphatic rings. The molecule has 1 aliphatic heterocycles. The normalized spacial score (nSPS) is 21.1. The average molecular weight is 114 g/mol. The standard InChI is InChI=1S/C4H6N2S/c5-3-1-2-4(6)7-3/h5-6H,1-2H2. The van der Waals surface area contributed by atoms with Crippen molar-refractivity contribution >= 4 is 21.8 Å². The van der Waals surface area contributed by atoms with Crippen molar-refractivity contribution < 1.29 is 0 Å². The van der Waals surface area contributed by atoms with Gasteiger partial charge in [-0.3, -0.25) is 10.8 Å². The Kier molecular flexibility index (Phi) is 1.15. The van der Waals surface area contributed by atoms with Gasteiger partial charge in [0.05, 0.1) is 10.1 Å². The van der Waals surface area contributed by atoms with Crippen LogP contribution in [0.3, 0.4) is 0 Å². The SMILES string of the molecule is N=C1CCC(=N)S1. The maximum absolute atomic E-state index is 7.00. The average Bonchev–Trinajstić information content (AvgIpc) is 1.87. The minimum Gasteiger partial charge on any atom is -0.298 e. The van der Waals surface area contributed by atoms with Crippen molar-refractivity contribution in [3.63, 3.8) is 0 Å². The summed E-state index contributed by atoms with van der Waals surface area (Å²) in [6, 6.07) is 0. The Morgan fingerprint density at radius 2 is 1.57 bits per heavy atom. The van der Waals surface area contributed by atoms with Gasteiger partial charge in [-0.25, -0.2) is 0 Å². The van der Waals surface area contributed by atoms with Crippen molar-refractivity contribution in [2.75, 3.05) is 0 Å². The largest absolute Gasteiger partial charge is 0.298 e. The lowest BCUT2D eigenvalue weighted by Crippen LogP contribution is -1.74. The molecule has 1 fully saturated rings. The second kappa shape index (κ2) is 1.66. The number of thioether (sulfide) groups is 1. The van der Waals surface area contributed by atoms with Gasteiger partial charge in [-0.1, -0.05) is 11.8 Å². The highest BCUT2D eigenvalue weighted by molar-refractivity contribution is 8.26. The third kappa shape index (κ3) is 1.03. The zero-order valence-electron chi connectivity index (χ0n) is 3.82. The van der Waals surface area contributed by atoms with Crippen LogP contribution in [0.25, 0.3) is 0 Å². The van der Waals surface area contributed by atoms with E-state index in [0.29, 0.717) is 10.1 Å². The van der Waals surface area contributed by atoms with Crippen molar-refractivity contribution in [3.05, 3.63) is 0 Å². The fourth-order valence-electron chi connectivity index (χ4n) is 0.478. The van der Waals surface area contributed by atoms with Crippen molar-refractivity contribution in [1.82, 2.24) is 0 Å². The van der Waals surface area contributed by atoms with E-state index in [2.05, 4.69) is 0 Å². The van der Waals surface area contributed by atoms with Crippen LogP contribution in [-0.2, 0) is 0 Å². The van der Waals surface area contributed by atoms with E-state index in [4.69, 9.17) is 10.8 Å². The van der Waals surface area contributed by atoms with Crippen molar-refractivity contribution in [2.24, 2.45) is 0 Å². The molecule has 0 aromatic heterocycles. The molecule has 0 bridgehead atoms. The molecule has 0 radical (unpaired) electrons. The van der Waals surface area contributed by atoms with Gasteiger partial charge in [0.2, 0.25) is 0 Å². The Hall–Kier alpha value is -0.310. The van der Waals surface area contributed by atoms with Crippen LogP contribution in [0.2, 0.25) is 0 Å². The van der Waals surface area contributed by atoms with Crippen LogP contribution in [0.5, 0.6) is 0 Å². The number of rotatable bonds is 0. The summed E-state index contributed by atoms with van der Waals surface area (Å²) in [4.78, 5) is 0. The Labute approximate surface area is 46.3 Å². The van der Waals surface area contributed by atoms with Crippen LogP contribution in [0.4, 0.5) is 0 Å². The Balaban J connectivity index is 2.55. The molecule has 1 saturated heterocycles. The molecule has 0 spiro atoms. The third-order valence-electron chi connectivity index (χ3n) is 0.826. The summed E-state index contributed by atoms with van der Waals surface area (Å²) in [7, 11) is 0. The summed E-state index contributed by atoms with van der Waals surface area (Å²) >= 11 is 1.29. The molecule has 0 unspecified atom stereocenters. The molecular weight excluding hydrogens is 108 g/mol. The lowest BCUT2D eigenvalue weighted by Gasteiger charge is -1.78. The molecule has 1 heterocycles. The van der Waals surface area contributed by atoms with E-state index >= 15 is 0 Å². The monoisotopic (exact) mass is 114 g/mol. The van der Waals surface area contributed by atoms with Gasteiger partial charge in [0, 0.05) is 12.8 Å². The van der Waals surface area contributed by atoms with E-state index in [1.165, 1.54) is 11.8 Å². The Morgan fingerprint density at radius 1 is 1.14 bits per heavy atom. The number of nitrogens with one attached hydrogen (secondary N) is 2. The zero-order valence-corrected chi connectivity index (χ0v) is 4.64. The summed E-state index contributed by atoms with van der Waals surface area (Å²) in [5.41, 5.74) is 0. The van der Waals surface area contributed by atoms with Crippen molar-refractivity contribution in [2.45, 2.75) is 12.8 Å². The molecule has 1 rings (SSSR count). The lowest BCUT2D eigenvalue weighted by atomic mass is 10.4. The van der Waals surface area contributed by atoms with Crippen LogP contribution in [0, 0.1) is 10.8 Å². The van der Waals surface area contributed by atoms with E-state index in [-0.39, 0.29) is 0 Å². The molecule has 2 N–H and O–H groups in total. The second-order valence-corrected chi connectivity index (χ2v) is 2.64. The molecule has 0 aromatic carbocycles. The predicted octanol–water partition coefficient (Wildman–Crippen LogP) is 1.47. The van der Waals surface area contributed by atoms with E-state index in [1.807, 2.05) is 0 Å². The first kappa shape index (κ1) is 4.84. The highest BCUT2D eigenvalue weighted by Crippen LogP contribution is 2.20. The molecular formula is C4H6N2S. The summed E-state index contributed by atoms with van der Waals surface area (Å²) in [6.45, 7) is 0. The van der Waals surface area contributed by atoms with E-state index in [0.717, 1.165) is 12.8 Å². The molecule has 0 aromatic rings. The lowest BCUT2D eigenvalue weighted by molar-refractivity contribution is 1.17. The molecule has 3 heteroatoms. The van der Waals surface area contributed by atoms with Crippen LogP contribution in [0.1, 0.15) is 12.8 Å². The van der Waals surface area contributed by atoms with Gasteiger partial charge < -0.3 is 0 Å². The summed E-state index contributed by atoms with van der Waals surface area (Å²) in [6.07, 6.45) is 1.59. The summed E-state index contributed by atoms with van der Waals surface area (Å²) in [5.74, 6) is 0. The first-order valence-electron chi connectivity index (χ1n) is 2.12. The topological polar surface area (TPSA) is 47.7 Å². The van der Waals surface area contributed by atoms with Gasteiger partial charge in [-0.15, -0.1) is 0 Å². The maximum atomic E-state index is 7.00. The van der Waals surface area contributed by atoms with E-state index < -0.39 is 0 Å². The first-order valence-corrected chi connectivity index (χ1v) is 2.93. The van der Waals surface area contributed by atoms with Crippen LogP contribution in [0.15, 0.2) is 0 Å². The van der Waals surface area contributed by atoms with Gasteiger partial charge in [-0.2, -0.15) is 0 Å². The van der Waals surface area contributed by atoms with Gasteiger partial charge in [-0.05, 0) is 0 Å². The molecule has 38 valence electrons. The summed E-state index contributed by atoms with van der Waals surface area (Å²) in [5, 5.41) is 15.3. The summed E-state index contributed by atoms with van der Waals surface area (Å²) < 4.78 is 0. The minimum absolute atomic E-state index is 0.644. The number of hydrogen-bond acceptors (Lipinski definition) is 3. The number of hydrogen-bond donors (Lipinski definition) is 2. The minimum atomic E-state index is 0.644. The second-order valence-electron chi connectivity index (χ2n) is 1.45. The molecule has 0 saturated carbocycles. The fourth-order valence-corrected chi connectivity index (χ4v) is 1.18. The zero-order chi connectivity index (χ0) is 5.28. The molecule has 0 atom stereocenters. The fraction of sp³-hybridized carbons (Fsp3) is 0.500. The van der Waals surface area contributed by atoms with Crippen LogP contribution < -0.4 is 0 Å². The van der Waals surface area contributed by atoms with Crippen molar-refractivity contribution in [1.29, 1.82) is 10.8 Å². The van der Waals surface area contributed by atoms with Crippen molar-refractivity contribution in [3.8, 4) is 0 Å². The third-order valence-corrected chi connectivity index (χ3v) is 1.73. The maximum Gasteiger partial charge on any atom is 0.0704 e. The smallest absolute Gasteiger partial charge is 0.0704 e.